The van der Waals surface area contributed by atoms with E-state index in [2.05, 4.69) is 6.92 Å². The third-order valence-electron chi connectivity index (χ3n) is 4.05. The van der Waals surface area contributed by atoms with E-state index in [1.54, 1.807) is 0 Å². The summed E-state index contributed by atoms with van der Waals surface area (Å²) in [5.74, 6) is 0. The van der Waals surface area contributed by atoms with Gasteiger partial charge < -0.3 is 9.85 Å². The van der Waals surface area contributed by atoms with E-state index >= 15 is 0 Å². The largest absolute Gasteiger partial charge is 0.633 e. The van der Waals surface area contributed by atoms with Crippen molar-refractivity contribution in [3.8, 4) is 0 Å². The quantitative estimate of drug-likeness (QED) is 0.345. The van der Waals surface area contributed by atoms with Gasteiger partial charge in [0.25, 0.3) is 0 Å². The van der Waals surface area contributed by atoms with E-state index in [1.807, 2.05) is 0 Å². The van der Waals surface area contributed by atoms with Crippen molar-refractivity contribution in [3.05, 3.63) is 5.21 Å². The molecule has 1 fully saturated rings. The lowest BCUT2D eigenvalue weighted by Gasteiger charge is -2.42. The Labute approximate surface area is 108 Å². The van der Waals surface area contributed by atoms with Gasteiger partial charge in [0.05, 0.1) is 19.6 Å². The molecule has 0 bridgehead atoms. The molecule has 0 saturated carbocycles. The van der Waals surface area contributed by atoms with Gasteiger partial charge >= 0.3 is 0 Å². The maximum atomic E-state index is 12.4. The Kier molecular flexibility index (Phi) is 7.87. The molecule has 2 heteroatoms. The van der Waals surface area contributed by atoms with Crippen LogP contribution < -0.4 is 0 Å². The van der Waals surface area contributed by atoms with Crippen LogP contribution in [0.3, 0.4) is 0 Å². The van der Waals surface area contributed by atoms with Crippen LogP contribution in [0, 0.1) is 5.21 Å². The van der Waals surface area contributed by atoms with Crippen LogP contribution in [0.4, 0.5) is 0 Å². The molecule has 1 saturated heterocycles. The van der Waals surface area contributed by atoms with Crippen molar-refractivity contribution >= 4 is 0 Å². The highest BCUT2D eigenvalue weighted by molar-refractivity contribution is 4.55. The molecule has 1 aliphatic rings. The normalized spacial score (nSPS) is 20.1. The molecule has 0 amide bonds. The van der Waals surface area contributed by atoms with Crippen molar-refractivity contribution < 1.29 is 4.65 Å². The molecule has 102 valence electrons. The highest BCUT2D eigenvalue weighted by Crippen LogP contribution is 2.18. The second kappa shape index (κ2) is 8.93. The molecule has 2 nitrogen and oxygen atoms in total. The fraction of sp³-hybridized carbons (Fsp3) is 1.00. The summed E-state index contributed by atoms with van der Waals surface area (Å²) in [5.41, 5.74) is 0. The van der Waals surface area contributed by atoms with Crippen molar-refractivity contribution in [2.24, 2.45) is 0 Å². The second-order valence-electron chi connectivity index (χ2n) is 5.76. The number of likely N-dealkylation sites (tertiary alicyclic amines) is 1. The van der Waals surface area contributed by atoms with E-state index in [9.17, 15) is 5.21 Å². The first-order valence-electron chi connectivity index (χ1n) is 7.84. The zero-order chi connectivity index (χ0) is 12.4. The first-order chi connectivity index (χ1) is 8.27. The fourth-order valence-corrected chi connectivity index (χ4v) is 2.85. The van der Waals surface area contributed by atoms with E-state index in [0.29, 0.717) is 0 Å². The molecule has 0 radical (unpaired) electrons. The second-order valence-corrected chi connectivity index (χ2v) is 5.76. The number of unbranched alkanes of at least 4 members (excludes halogenated alkanes) is 6. The van der Waals surface area contributed by atoms with Gasteiger partial charge in [0.1, 0.15) is 0 Å². The summed E-state index contributed by atoms with van der Waals surface area (Å²) in [6.07, 6.45) is 14.1. The van der Waals surface area contributed by atoms with Crippen LogP contribution in [0.25, 0.3) is 0 Å². The third-order valence-corrected chi connectivity index (χ3v) is 4.05. The number of hydroxylamine groups is 3. The lowest BCUT2D eigenvalue weighted by Crippen LogP contribution is -2.43. The van der Waals surface area contributed by atoms with Crippen molar-refractivity contribution in [2.45, 2.75) is 77.6 Å². The van der Waals surface area contributed by atoms with Crippen LogP contribution >= 0.6 is 0 Å². The van der Waals surface area contributed by atoms with E-state index in [4.69, 9.17) is 0 Å². The minimum Gasteiger partial charge on any atom is -0.633 e. The summed E-state index contributed by atoms with van der Waals surface area (Å²) in [7, 11) is 0. The Bertz CT molecular complexity index is 174. The predicted octanol–water partition coefficient (Wildman–Crippen LogP) is 4.63. The van der Waals surface area contributed by atoms with Crippen LogP contribution in [0.1, 0.15) is 77.6 Å². The Hall–Kier alpha value is -0.0800. The van der Waals surface area contributed by atoms with Gasteiger partial charge in [-0.1, -0.05) is 39.0 Å². The molecule has 0 N–H and O–H groups in total. The molecule has 0 aromatic heterocycles. The van der Waals surface area contributed by atoms with Crippen molar-refractivity contribution in [2.75, 3.05) is 19.6 Å². The topological polar surface area (TPSA) is 23.1 Å². The SMILES string of the molecule is CCCCCCCCC[N+]1([O-])CCCCCC1. The average molecular weight is 241 g/mol. The van der Waals surface area contributed by atoms with Crippen molar-refractivity contribution in [1.29, 1.82) is 0 Å². The van der Waals surface area contributed by atoms with Crippen molar-refractivity contribution in [1.82, 2.24) is 0 Å². The summed E-state index contributed by atoms with van der Waals surface area (Å²) in [4.78, 5) is 0. The Morgan fingerprint density at radius 2 is 1.29 bits per heavy atom. The van der Waals surface area contributed by atoms with E-state index in [1.165, 1.54) is 51.4 Å². The van der Waals surface area contributed by atoms with E-state index < -0.39 is 0 Å². The maximum absolute atomic E-state index is 12.4. The molecule has 1 aliphatic heterocycles. The Morgan fingerprint density at radius 1 is 0.765 bits per heavy atom. The molecule has 1 heterocycles. The zero-order valence-electron chi connectivity index (χ0n) is 11.8. The van der Waals surface area contributed by atoms with Gasteiger partial charge in [0.15, 0.2) is 0 Å². The van der Waals surface area contributed by atoms with Crippen LogP contribution in [0.2, 0.25) is 0 Å². The van der Waals surface area contributed by atoms with E-state index in [0.717, 1.165) is 38.9 Å². The summed E-state index contributed by atoms with van der Waals surface area (Å²) in [6, 6.07) is 0. The van der Waals surface area contributed by atoms with E-state index in [-0.39, 0.29) is 4.65 Å². The van der Waals surface area contributed by atoms with Gasteiger partial charge in [0, 0.05) is 0 Å². The number of rotatable bonds is 8. The van der Waals surface area contributed by atoms with Crippen LogP contribution in [0.5, 0.6) is 0 Å². The molecule has 0 atom stereocenters. The first-order valence-corrected chi connectivity index (χ1v) is 7.84. The van der Waals surface area contributed by atoms with Gasteiger partial charge in [0.2, 0.25) is 0 Å². The highest BCUT2D eigenvalue weighted by atomic mass is 16.5. The third kappa shape index (κ3) is 7.05. The zero-order valence-corrected chi connectivity index (χ0v) is 11.8. The molecule has 17 heavy (non-hydrogen) atoms. The van der Waals surface area contributed by atoms with Gasteiger partial charge in [-0.3, -0.25) is 0 Å². The predicted molar refractivity (Wildman–Crippen MR) is 74.7 cm³/mol. The standard InChI is InChI=1S/C15H31NO/c1-2-3-4-5-6-7-10-13-16(17)14-11-8-9-12-15-16/h2-15H2,1H3. The molecule has 0 aromatic carbocycles. The maximum Gasteiger partial charge on any atom is 0.0783 e. The summed E-state index contributed by atoms with van der Waals surface area (Å²) in [5, 5.41) is 12.4. The highest BCUT2D eigenvalue weighted by Gasteiger charge is 2.18. The molecular formula is C15H31NO. The molecule has 0 aliphatic carbocycles. The number of hydrogen-bond acceptors (Lipinski definition) is 1. The molecule has 0 spiro atoms. The van der Waals surface area contributed by atoms with Crippen LogP contribution in [0.15, 0.2) is 0 Å². The smallest absolute Gasteiger partial charge is 0.0783 e. The molecule has 0 unspecified atom stereocenters. The summed E-state index contributed by atoms with van der Waals surface area (Å²) < 4.78 is 0.120. The van der Waals surface area contributed by atoms with Crippen molar-refractivity contribution in [3.63, 3.8) is 0 Å². The minimum absolute atomic E-state index is 0.120. The van der Waals surface area contributed by atoms with Gasteiger partial charge in [-0.15, -0.1) is 0 Å². The number of quaternary nitrogens is 1. The van der Waals surface area contributed by atoms with Gasteiger partial charge in [-0.05, 0) is 38.5 Å². The number of nitrogens with zero attached hydrogens (tertiary/aromatic N) is 1. The fourth-order valence-electron chi connectivity index (χ4n) is 2.85. The first kappa shape index (κ1) is 15.0. The van der Waals surface area contributed by atoms with Gasteiger partial charge in [-0.25, -0.2) is 0 Å². The summed E-state index contributed by atoms with van der Waals surface area (Å²) in [6.45, 7) is 4.91. The van der Waals surface area contributed by atoms with Crippen LogP contribution in [-0.4, -0.2) is 24.3 Å². The summed E-state index contributed by atoms with van der Waals surface area (Å²) >= 11 is 0. The Balaban J connectivity index is 2.00. The number of hydrogen-bond donors (Lipinski definition) is 0. The molecule has 1 rings (SSSR count). The van der Waals surface area contributed by atoms with Crippen LogP contribution in [-0.2, 0) is 0 Å². The van der Waals surface area contributed by atoms with Gasteiger partial charge in [-0.2, -0.15) is 0 Å². The molecule has 0 aromatic rings. The monoisotopic (exact) mass is 241 g/mol. The Morgan fingerprint density at radius 3 is 1.88 bits per heavy atom. The minimum atomic E-state index is 0.120. The average Bonchev–Trinajstić information content (AvgIpc) is 2.53. The lowest BCUT2D eigenvalue weighted by atomic mass is 10.1. The lowest BCUT2D eigenvalue weighted by molar-refractivity contribution is -0.880. The molecular weight excluding hydrogens is 210 g/mol.